The Balaban J connectivity index is 1.44. The molecule has 0 aliphatic carbocycles. The Morgan fingerprint density at radius 3 is 2.00 bits per heavy atom. The number of para-hydroxylation sites is 2. The SMILES string of the molecule is CC(C)(C)c1ccc(C(=O)Nc2ccccc2C(=O)N2CCN(c3ccccc3)CC2)cc1. The smallest absolute Gasteiger partial charge is 0.256 e. The number of piperazine rings is 1. The Hall–Kier alpha value is -3.60. The van der Waals surface area contributed by atoms with E-state index in [9.17, 15) is 9.59 Å². The van der Waals surface area contributed by atoms with Crippen LogP contribution in [0.2, 0.25) is 0 Å². The molecule has 5 heteroatoms. The molecule has 0 atom stereocenters. The Morgan fingerprint density at radius 1 is 0.758 bits per heavy atom. The highest BCUT2D eigenvalue weighted by Crippen LogP contribution is 2.24. The zero-order chi connectivity index (χ0) is 23.4. The van der Waals surface area contributed by atoms with Crippen molar-refractivity contribution in [1.29, 1.82) is 0 Å². The van der Waals surface area contributed by atoms with E-state index >= 15 is 0 Å². The number of anilines is 2. The lowest BCUT2D eigenvalue weighted by atomic mass is 9.86. The second kappa shape index (κ2) is 9.49. The summed E-state index contributed by atoms with van der Waals surface area (Å²) in [4.78, 5) is 30.3. The van der Waals surface area contributed by atoms with Gasteiger partial charge < -0.3 is 15.1 Å². The predicted molar refractivity (Wildman–Crippen MR) is 134 cm³/mol. The summed E-state index contributed by atoms with van der Waals surface area (Å²) < 4.78 is 0. The zero-order valence-corrected chi connectivity index (χ0v) is 19.5. The van der Waals surface area contributed by atoms with Crippen LogP contribution in [-0.4, -0.2) is 42.9 Å². The largest absolute Gasteiger partial charge is 0.368 e. The van der Waals surface area contributed by atoms with Gasteiger partial charge in [-0.1, -0.05) is 63.2 Å². The summed E-state index contributed by atoms with van der Waals surface area (Å²) in [6.07, 6.45) is 0. The highest BCUT2D eigenvalue weighted by Gasteiger charge is 2.24. The fourth-order valence-electron chi connectivity index (χ4n) is 4.07. The van der Waals surface area contributed by atoms with E-state index in [1.54, 1.807) is 12.1 Å². The summed E-state index contributed by atoms with van der Waals surface area (Å²) in [5.41, 5.74) is 4.00. The van der Waals surface area contributed by atoms with Gasteiger partial charge >= 0.3 is 0 Å². The molecule has 1 N–H and O–H groups in total. The van der Waals surface area contributed by atoms with Gasteiger partial charge in [-0.05, 0) is 47.4 Å². The molecule has 33 heavy (non-hydrogen) atoms. The summed E-state index contributed by atoms with van der Waals surface area (Å²) in [6, 6.07) is 25.1. The minimum atomic E-state index is -0.218. The lowest BCUT2D eigenvalue weighted by Gasteiger charge is -2.36. The summed E-state index contributed by atoms with van der Waals surface area (Å²) in [6.45, 7) is 9.28. The third-order valence-corrected chi connectivity index (χ3v) is 6.11. The first-order valence-electron chi connectivity index (χ1n) is 11.4. The van der Waals surface area contributed by atoms with Gasteiger partial charge in [0.25, 0.3) is 11.8 Å². The highest BCUT2D eigenvalue weighted by atomic mass is 16.2. The Morgan fingerprint density at radius 2 is 1.36 bits per heavy atom. The molecule has 5 nitrogen and oxygen atoms in total. The molecule has 0 spiro atoms. The van der Waals surface area contributed by atoms with Gasteiger partial charge in [0.05, 0.1) is 11.3 Å². The maximum absolute atomic E-state index is 13.3. The van der Waals surface area contributed by atoms with E-state index in [4.69, 9.17) is 0 Å². The molecule has 0 unspecified atom stereocenters. The molecule has 170 valence electrons. The lowest BCUT2D eigenvalue weighted by molar-refractivity contribution is 0.0748. The molecule has 0 bridgehead atoms. The van der Waals surface area contributed by atoms with Gasteiger partial charge in [-0.2, -0.15) is 0 Å². The first kappa shape index (κ1) is 22.6. The van der Waals surface area contributed by atoms with Crippen LogP contribution >= 0.6 is 0 Å². The lowest BCUT2D eigenvalue weighted by Crippen LogP contribution is -2.48. The number of carbonyl (C=O) groups is 2. The standard InChI is InChI=1S/C28H31N3O2/c1-28(2,3)22-15-13-21(14-16-22)26(32)29-25-12-8-7-11-24(25)27(33)31-19-17-30(18-20-31)23-9-5-4-6-10-23/h4-16H,17-20H2,1-3H3,(H,29,32). The Kier molecular flexibility index (Phi) is 6.50. The summed E-state index contributed by atoms with van der Waals surface area (Å²) in [5.74, 6) is -0.272. The van der Waals surface area contributed by atoms with E-state index in [1.165, 1.54) is 11.3 Å². The van der Waals surface area contributed by atoms with Gasteiger partial charge in [-0.25, -0.2) is 0 Å². The van der Waals surface area contributed by atoms with Crippen molar-refractivity contribution in [2.24, 2.45) is 0 Å². The average molecular weight is 442 g/mol. The van der Waals surface area contributed by atoms with Gasteiger partial charge in [0.15, 0.2) is 0 Å². The van der Waals surface area contributed by atoms with E-state index < -0.39 is 0 Å². The van der Waals surface area contributed by atoms with Crippen molar-refractivity contribution in [2.75, 3.05) is 36.4 Å². The fourth-order valence-corrected chi connectivity index (χ4v) is 4.07. The third kappa shape index (κ3) is 5.25. The number of nitrogens with zero attached hydrogens (tertiary/aromatic N) is 2. The Bertz CT molecular complexity index is 1110. The second-order valence-electron chi connectivity index (χ2n) is 9.44. The first-order valence-corrected chi connectivity index (χ1v) is 11.4. The number of nitrogens with one attached hydrogen (secondary N) is 1. The maximum atomic E-state index is 13.3. The minimum absolute atomic E-state index is 0.0263. The van der Waals surface area contributed by atoms with Crippen LogP contribution in [0.25, 0.3) is 0 Å². The number of amides is 2. The molecule has 1 aliphatic heterocycles. The molecule has 0 aromatic heterocycles. The molecule has 3 aromatic carbocycles. The van der Waals surface area contributed by atoms with Crippen molar-refractivity contribution in [3.63, 3.8) is 0 Å². The Labute approximate surface area is 196 Å². The first-order chi connectivity index (χ1) is 15.8. The average Bonchev–Trinajstić information content (AvgIpc) is 2.84. The van der Waals surface area contributed by atoms with Gasteiger partial charge in [-0.15, -0.1) is 0 Å². The van der Waals surface area contributed by atoms with Gasteiger partial charge in [0.1, 0.15) is 0 Å². The van der Waals surface area contributed by atoms with Crippen molar-refractivity contribution >= 4 is 23.2 Å². The van der Waals surface area contributed by atoms with Crippen LogP contribution in [-0.2, 0) is 5.41 Å². The monoisotopic (exact) mass is 441 g/mol. The van der Waals surface area contributed by atoms with Crippen LogP contribution in [0.4, 0.5) is 11.4 Å². The van der Waals surface area contributed by atoms with Crippen LogP contribution < -0.4 is 10.2 Å². The quantitative estimate of drug-likeness (QED) is 0.606. The van der Waals surface area contributed by atoms with E-state index in [0.717, 1.165) is 13.1 Å². The third-order valence-electron chi connectivity index (χ3n) is 6.11. The molecule has 1 heterocycles. The molecule has 2 amide bonds. The minimum Gasteiger partial charge on any atom is -0.368 e. The molecule has 0 saturated carbocycles. The molecule has 3 aromatic rings. The van der Waals surface area contributed by atoms with E-state index in [1.807, 2.05) is 59.5 Å². The molecule has 0 radical (unpaired) electrons. The summed E-state index contributed by atoms with van der Waals surface area (Å²) in [7, 11) is 0. The van der Waals surface area contributed by atoms with Crippen LogP contribution in [0.3, 0.4) is 0 Å². The molecule has 1 saturated heterocycles. The topological polar surface area (TPSA) is 52.7 Å². The molecular weight excluding hydrogens is 410 g/mol. The fraction of sp³-hybridized carbons (Fsp3) is 0.286. The number of benzene rings is 3. The van der Waals surface area contributed by atoms with E-state index in [-0.39, 0.29) is 17.2 Å². The number of hydrogen-bond acceptors (Lipinski definition) is 3. The van der Waals surface area contributed by atoms with Crippen LogP contribution in [0, 0.1) is 0 Å². The maximum Gasteiger partial charge on any atom is 0.256 e. The number of carbonyl (C=O) groups excluding carboxylic acids is 2. The van der Waals surface area contributed by atoms with E-state index in [2.05, 4.69) is 43.1 Å². The van der Waals surface area contributed by atoms with Gasteiger partial charge in [0, 0.05) is 37.4 Å². The van der Waals surface area contributed by atoms with Crippen molar-refractivity contribution in [3.8, 4) is 0 Å². The molecule has 4 rings (SSSR count). The number of hydrogen-bond donors (Lipinski definition) is 1. The van der Waals surface area contributed by atoms with Crippen LogP contribution in [0.15, 0.2) is 78.9 Å². The van der Waals surface area contributed by atoms with Crippen molar-refractivity contribution < 1.29 is 9.59 Å². The molecule has 1 fully saturated rings. The van der Waals surface area contributed by atoms with Crippen LogP contribution in [0.1, 0.15) is 47.1 Å². The summed E-state index contributed by atoms with van der Waals surface area (Å²) >= 11 is 0. The van der Waals surface area contributed by atoms with Crippen molar-refractivity contribution in [2.45, 2.75) is 26.2 Å². The zero-order valence-electron chi connectivity index (χ0n) is 19.5. The van der Waals surface area contributed by atoms with E-state index in [0.29, 0.717) is 29.9 Å². The number of rotatable bonds is 4. The van der Waals surface area contributed by atoms with Gasteiger partial charge in [0.2, 0.25) is 0 Å². The predicted octanol–water partition coefficient (Wildman–Crippen LogP) is 5.20. The van der Waals surface area contributed by atoms with Crippen molar-refractivity contribution in [1.82, 2.24) is 4.90 Å². The molecule has 1 aliphatic rings. The second-order valence-corrected chi connectivity index (χ2v) is 9.44. The van der Waals surface area contributed by atoms with Gasteiger partial charge in [-0.3, -0.25) is 9.59 Å². The van der Waals surface area contributed by atoms with Crippen LogP contribution in [0.5, 0.6) is 0 Å². The highest BCUT2D eigenvalue weighted by molar-refractivity contribution is 6.09. The normalized spacial score (nSPS) is 14.2. The summed E-state index contributed by atoms with van der Waals surface area (Å²) in [5, 5.41) is 2.94. The molecular formula is C28H31N3O2. The van der Waals surface area contributed by atoms with Crippen molar-refractivity contribution in [3.05, 3.63) is 95.6 Å².